The Morgan fingerprint density at radius 1 is 0.525 bits per heavy atom. The summed E-state index contributed by atoms with van der Waals surface area (Å²) in [7, 11) is -1.69. The van der Waals surface area contributed by atoms with Gasteiger partial charge in [0.1, 0.15) is 0 Å². The van der Waals surface area contributed by atoms with Crippen LogP contribution >= 0.6 is 7.92 Å². The molecule has 4 heteroatoms. The van der Waals surface area contributed by atoms with Crippen LogP contribution < -0.4 is 5.30 Å². The molecule has 1 radical (unpaired) electrons. The predicted molar refractivity (Wildman–Crippen MR) is 168 cm³/mol. The summed E-state index contributed by atoms with van der Waals surface area (Å²) in [4.78, 5) is 38.1. The molecule has 4 aromatic carbocycles. The fraction of sp³-hybridized carbons (Fsp3) is 0.250. The van der Waals surface area contributed by atoms with E-state index in [-0.39, 0.29) is 11.0 Å². The zero-order valence-electron chi connectivity index (χ0n) is 25.0. The Labute approximate surface area is 240 Å². The van der Waals surface area contributed by atoms with Gasteiger partial charge in [0.15, 0.2) is 11.0 Å². The first kappa shape index (κ1) is 30.9. The number of rotatable bonds is 6. The largest absolute Gasteiger partial charge is 0.288 e. The fourth-order valence-corrected chi connectivity index (χ4v) is 7.78. The highest BCUT2D eigenvalue weighted by Crippen LogP contribution is 2.45. The summed E-state index contributed by atoms with van der Waals surface area (Å²) >= 11 is 0. The highest BCUT2D eigenvalue weighted by Gasteiger charge is 2.33. The number of hydrogen-bond donors (Lipinski definition) is 0. The molecule has 0 aliphatic heterocycles. The van der Waals surface area contributed by atoms with Crippen molar-refractivity contribution in [1.29, 1.82) is 0 Å². The summed E-state index contributed by atoms with van der Waals surface area (Å²) in [5.41, 5.74) is 11.1. The Hall–Kier alpha value is -3.68. The normalized spacial score (nSPS) is 10.7. The van der Waals surface area contributed by atoms with Gasteiger partial charge in [-0.1, -0.05) is 83.4 Å². The van der Waals surface area contributed by atoms with Crippen LogP contribution in [-0.2, 0) is 4.79 Å². The quantitative estimate of drug-likeness (QED) is 0.227. The Bertz CT molecular complexity index is 1440. The fourth-order valence-electron chi connectivity index (χ4n) is 5.50. The van der Waals surface area contributed by atoms with E-state index in [1.54, 1.807) is 0 Å². The summed E-state index contributed by atoms with van der Waals surface area (Å²) < 4.78 is 0. The molecule has 0 atom stereocenters. The van der Waals surface area contributed by atoms with Crippen molar-refractivity contribution in [3.63, 3.8) is 0 Å². The molecule has 0 fully saturated rings. The molecule has 0 aliphatic carbocycles. The first-order chi connectivity index (χ1) is 18.8. The van der Waals surface area contributed by atoms with Crippen molar-refractivity contribution in [2.75, 3.05) is 0 Å². The molecular formula is C36H38O3P. The van der Waals surface area contributed by atoms with E-state index in [4.69, 9.17) is 0 Å². The molecule has 0 N–H and O–H groups in total. The average Bonchev–Trinajstić information content (AvgIpc) is 2.84. The SMILES string of the molecule is Cc1cc(C)c(C(=O)P(C(=O)c2c(C)cc(C)cc2C)c2ccccc2)c(C)c1.Cc1cc(C)c([C]=O)c(C)c1. The van der Waals surface area contributed by atoms with Crippen molar-refractivity contribution in [3.05, 3.63) is 133 Å². The molecule has 0 saturated heterocycles. The van der Waals surface area contributed by atoms with Crippen LogP contribution in [-0.4, -0.2) is 17.3 Å². The number of benzene rings is 4. The highest BCUT2D eigenvalue weighted by molar-refractivity contribution is 7.96. The maximum atomic E-state index is 13.8. The van der Waals surface area contributed by atoms with Gasteiger partial charge in [-0.2, -0.15) is 0 Å². The van der Waals surface area contributed by atoms with Crippen molar-refractivity contribution >= 4 is 30.6 Å². The summed E-state index contributed by atoms with van der Waals surface area (Å²) in [6.45, 7) is 17.8. The van der Waals surface area contributed by atoms with E-state index in [9.17, 15) is 14.4 Å². The van der Waals surface area contributed by atoms with Gasteiger partial charge < -0.3 is 0 Å². The Morgan fingerprint density at radius 2 is 0.850 bits per heavy atom. The van der Waals surface area contributed by atoms with Gasteiger partial charge in [-0.15, -0.1) is 0 Å². The molecule has 4 aromatic rings. The van der Waals surface area contributed by atoms with E-state index in [1.165, 1.54) is 5.56 Å². The van der Waals surface area contributed by atoms with Crippen molar-refractivity contribution in [3.8, 4) is 0 Å². The van der Waals surface area contributed by atoms with E-state index in [1.807, 2.05) is 135 Å². The van der Waals surface area contributed by atoms with E-state index in [0.717, 1.165) is 49.8 Å². The molecule has 40 heavy (non-hydrogen) atoms. The standard InChI is InChI=1S/C26H27O2P.C10H11O/c1-16-12-18(3)23(19(4)13-16)25(27)29(22-10-8-7-9-11-22)26(28)24-20(5)14-17(2)15-21(24)6;1-7-4-8(2)10(6-11)9(3)5-7/h7-15H,1-6H3;4-5H,1-3H3. The third-order valence-corrected chi connectivity index (χ3v) is 9.06. The van der Waals surface area contributed by atoms with Crippen LogP contribution in [0.5, 0.6) is 0 Å². The Morgan fingerprint density at radius 3 is 1.18 bits per heavy atom. The van der Waals surface area contributed by atoms with Gasteiger partial charge in [-0.25, -0.2) is 0 Å². The molecule has 0 heterocycles. The van der Waals surface area contributed by atoms with E-state index in [2.05, 4.69) is 0 Å². The van der Waals surface area contributed by atoms with Crippen LogP contribution in [0.4, 0.5) is 0 Å². The minimum absolute atomic E-state index is 0.0643. The minimum Gasteiger partial charge on any atom is -0.288 e. The van der Waals surface area contributed by atoms with Gasteiger partial charge in [0.05, 0.1) is 7.92 Å². The lowest BCUT2D eigenvalue weighted by Crippen LogP contribution is -2.19. The predicted octanol–water partition coefficient (Wildman–Crippen LogP) is 8.39. The second-order valence-electron chi connectivity index (χ2n) is 10.7. The number of aryl methyl sites for hydroxylation is 9. The molecule has 0 spiro atoms. The lowest BCUT2D eigenvalue weighted by molar-refractivity contribution is 0.105. The van der Waals surface area contributed by atoms with E-state index < -0.39 is 7.92 Å². The van der Waals surface area contributed by atoms with Crippen LogP contribution in [0.2, 0.25) is 0 Å². The van der Waals surface area contributed by atoms with Crippen LogP contribution in [0, 0.1) is 62.3 Å². The first-order valence-corrected chi connectivity index (χ1v) is 14.7. The monoisotopic (exact) mass is 549 g/mol. The summed E-state index contributed by atoms with van der Waals surface area (Å²) in [5, 5.41) is 0.802. The van der Waals surface area contributed by atoms with Gasteiger partial charge in [-0.05, 0) is 101 Å². The molecule has 0 unspecified atom stereocenters. The average molecular weight is 550 g/mol. The second-order valence-corrected chi connectivity index (χ2v) is 12.7. The molecule has 0 saturated carbocycles. The highest BCUT2D eigenvalue weighted by atomic mass is 31.1. The Balaban J connectivity index is 0.000000336. The zero-order valence-corrected chi connectivity index (χ0v) is 25.9. The maximum Gasteiger partial charge on any atom is 0.234 e. The molecule has 4 rings (SSSR count). The van der Waals surface area contributed by atoms with Gasteiger partial charge in [0.2, 0.25) is 6.29 Å². The first-order valence-electron chi connectivity index (χ1n) is 13.4. The van der Waals surface area contributed by atoms with Gasteiger partial charge in [0, 0.05) is 16.7 Å². The molecule has 0 aliphatic rings. The van der Waals surface area contributed by atoms with Gasteiger partial charge >= 0.3 is 0 Å². The van der Waals surface area contributed by atoms with Crippen LogP contribution in [0.25, 0.3) is 0 Å². The van der Waals surface area contributed by atoms with Crippen LogP contribution in [0.3, 0.4) is 0 Å². The summed E-state index contributed by atoms with van der Waals surface area (Å²) in [5.74, 6) is 0. The topological polar surface area (TPSA) is 51.2 Å². The smallest absolute Gasteiger partial charge is 0.234 e. The molecular weight excluding hydrogens is 511 g/mol. The maximum absolute atomic E-state index is 13.8. The lowest BCUT2D eigenvalue weighted by Gasteiger charge is -2.21. The van der Waals surface area contributed by atoms with Crippen LogP contribution in [0.1, 0.15) is 76.4 Å². The molecule has 205 valence electrons. The van der Waals surface area contributed by atoms with Gasteiger partial charge in [0.25, 0.3) is 0 Å². The van der Waals surface area contributed by atoms with Crippen molar-refractivity contribution < 1.29 is 14.4 Å². The van der Waals surface area contributed by atoms with Crippen LogP contribution in [0.15, 0.2) is 66.7 Å². The zero-order chi connectivity index (χ0) is 29.7. The minimum atomic E-state index is -1.69. The van der Waals surface area contributed by atoms with Crippen molar-refractivity contribution in [2.45, 2.75) is 62.3 Å². The summed E-state index contributed by atoms with van der Waals surface area (Å²) in [6, 6.07) is 21.6. The number of hydrogen-bond acceptors (Lipinski definition) is 3. The molecule has 3 nitrogen and oxygen atoms in total. The third kappa shape index (κ3) is 6.90. The Kier molecular flexibility index (Phi) is 10.1. The number of carbonyl (C=O) groups is 2. The molecule has 0 bridgehead atoms. The number of carbonyl (C=O) groups excluding carboxylic acids is 3. The third-order valence-electron chi connectivity index (χ3n) is 6.98. The van der Waals surface area contributed by atoms with Gasteiger partial charge in [-0.3, -0.25) is 14.4 Å². The molecule has 0 aromatic heterocycles. The summed E-state index contributed by atoms with van der Waals surface area (Å²) in [6.07, 6.45) is 1.94. The lowest BCUT2D eigenvalue weighted by atomic mass is 10.0. The van der Waals surface area contributed by atoms with Crippen molar-refractivity contribution in [1.82, 2.24) is 0 Å². The second kappa shape index (κ2) is 13.1. The van der Waals surface area contributed by atoms with E-state index in [0.29, 0.717) is 16.7 Å². The van der Waals surface area contributed by atoms with E-state index >= 15 is 0 Å². The molecule has 0 amide bonds. The van der Waals surface area contributed by atoms with Crippen molar-refractivity contribution in [2.24, 2.45) is 0 Å².